The van der Waals surface area contributed by atoms with Crippen molar-refractivity contribution in [1.82, 2.24) is 0 Å². The SMILES string of the molecule is CC(C)(C)SCc1cccc(B2OCCO2)c1. The average Bonchev–Trinajstić information content (AvgIpc) is 2.79. The van der Waals surface area contributed by atoms with Gasteiger partial charge >= 0.3 is 7.12 Å². The van der Waals surface area contributed by atoms with Crippen molar-refractivity contribution in [3.8, 4) is 0 Å². The molecular formula is C13H19BO2S. The van der Waals surface area contributed by atoms with E-state index in [4.69, 9.17) is 9.31 Å². The number of hydrogen-bond donors (Lipinski definition) is 0. The van der Waals surface area contributed by atoms with Gasteiger partial charge in [-0.05, 0) is 11.0 Å². The van der Waals surface area contributed by atoms with Gasteiger partial charge < -0.3 is 9.31 Å². The molecule has 92 valence electrons. The highest BCUT2D eigenvalue weighted by Gasteiger charge is 2.26. The Morgan fingerprint density at radius 3 is 2.59 bits per heavy atom. The molecule has 0 atom stereocenters. The van der Waals surface area contributed by atoms with Crippen molar-refractivity contribution < 1.29 is 9.31 Å². The van der Waals surface area contributed by atoms with Crippen LogP contribution in [0.3, 0.4) is 0 Å². The Morgan fingerprint density at radius 2 is 1.94 bits per heavy atom. The quantitative estimate of drug-likeness (QED) is 0.768. The van der Waals surface area contributed by atoms with E-state index in [0.29, 0.717) is 18.0 Å². The summed E-state index contributed by atoms with van der Waals surface area (Å²) in [5.41, 5.74) is 2.47. The van der Waals surface area contributed by atoms with Gasteiger partial charge in [0.05, 0.1) is 13.2 Å². The maximum Gasteiger partial charge on any atom is 0.494 e. The minimum atomic E-state index is -0.158. The summed E-state index contributed by atoms with van der Waals surface area (Å²) in [5, 5.41) is 0. The van der Waals surface area contributed by atoms with Crippen LogP contribution in [0.25, 0.3) is 0 Å². The highest BCUT2D eigenvalue weighted by atomic mass is 32.2. The van der Waals surface area contributed by atoms with E-state index in [1.54, 1.807) is 0 Å². The van der Waals surface area contributed by atoms with Crippen LogP contribution >= 0.6 is 11.8 Å². The van der Waals surface area contributed by atoms with Gasteiger partial charge in [0.25, 0.3) is 0 Å². The minimum Gasteiger partial charge on any atom is -0.405 e. The second kappa shape index (κ2) is 5.47. The lowest BCUT2D eigenvalue weighted by Crippen LogP contribution is -2.31. The molecule has 17 heavy (non-hydrogen) atoms. The fourth-order valence-electron chi connectivity index (χ4n) is 1.68. The summed E-state index contributed by atoms with van der Waals surface area (Å²) >= 11 is 1.96. The maximum atomic E-state index is 5.51. The van der Waals surface area contributed by atoms with Crippen LogP contribution in [0.2, 0.25) is 0 Å². The van der Waals surface area contributed by atoms with Gasteiger partial charge in [-0.15, -0.1) is 0 Å². The van der Waals surface area contributed by atoms with Gasteiger partial charge in [-0.25, -0.2) is 0 Å². The molecule has 1 heterocycles. The van der Waals surface area contributed by atoms with E-state index in [2.05, 4.69) is 45.0 Å². The Labute approximate surface area is 108 Å². The number of thioether (sulfide) groups is 1. The molecule has 1 aliphatic rings. The zero-order valence-corrected chi connectivity index (χ0v) is 11.5. The molecule has 2 nitrogen and oxygen atoms in total. The Balaban J connectivity index is 2.01. The zero-order chi connectivity index (χ0) is 12.3. The largest absolute Gasteiger partial charge is 0.494 e. The maximum absolute atomic E-state index is 5.51. The van der Waals surface area contributed by atoms with Crippen LogP contribution in [-0.4, -0.2) is 25.1 Å². The highest BCUT2D eigenvalue weighted by Crippen LogP contribution is 2.26. The van der Waals surface area contributed by atoms with E-state index in [-0.39, 0.29) is 7.12 Å². The Kier molecular flexibility index (Phi) is 4.18. The Hall–Kier alpha value is -0.445. The standard InChI is InChI=1S/C13H19BO2S/c1-13(2,3)17-10-11-5-4-6-12(9-11)14-15-7-8-16-14/h4-6,9H,7-8,10H2,1-3H3. The third kappa shape index (κ3) is 4.05. The normalized spacial score (nSPS) is 16.5. The lowest BCUT2D eigenvalue weighted by molar-refractivity contribution is 0.365. The van der Waals surface area contributed by atoms with Crippen molar-refractivity contribution in [1.29, 1.82) is 0 Å². The Bertz CT molecular complexity index is 370. The van der Waals surface area contributed by atoms with E-state index in [1.165, 1.54) is 5.56 Å². The molecule has 1 aromatic rings. The molecule has 0 aliphatic carbocycles. The molecule has 0 radical (unpaired) electrons. The van der Waals surface area contributed by atoms with Gasteiger partial charge in [0, 0.05) is 10.5 Å². The second-order valence-corrected chi connectivity index (χ2v) is 7.02. The fourth-order valence-corrected chi connectivity index (χ4v) is 2.46. The van der Waals surface area contributed by atoms with Gasteiger partial charge in [-0.3, -0.25) is 0 Å². The molecule has 0 N–H and O–H groups in total. The predicted molar refractivity (Wildman–Crippen MR) is 74.8 cm³/mol. The van der Waals surface area contributed by atoms with Crippen LogP contribution in [0.5, 0.6) is 0 Å². The van der Waals surface area contributed by atoms with Gasteiger partial charge in [0.2, 0.25) is 0 Å². The molecular weight excluding hydrogens is 231 g/mol. The summed E-state index contributed by atoms with van der Waals surface area (Å²) in [5.74, 6) is 1.03. The van der Waals surface area contributed by atoms with Crippen LogP contribution in [-0.2, 0) is 15.1 Å². The molecule has 0 bridgehead atoms. The summed E-state index contributed by atoms with van der Waals surface area (Å²) < 4.78 is 11.3. The first-order valence-corrected chi connectivity index (χ1v) is 6.99. The third-order valence-electron chi connectivity index (χ3n) is 2.52. The molecule has 1 aromatic carbocycles. The van der Waals surface area contributed by atoms with E-state index in [9.17, 15) is 0 Å². The Morgan fingerprint density at radius 1 is 1.24 bits per heavy atom. The number of benzene rings is 1. The lowest BCUT2D eigenvalue weighted by atomic mass is 9.79. The number of rotatable bonds is 3. The molecule has 4 heteroatoms. The van der Waals surface area contributed by atoms with Crippen LogP contribution in [0.1, 0.15) is 26.3 Å². The smallest absolute Gasteiger partial charge is 0.405 e. The van der Waals surface area contributed by atoms with Crippen LogP contribution in [0.4, 0.5) is 0 Å². The zero-order valence-electron chi connectivity index (χ0n) is 10.7. The van der Waals surface area contributed by atoms with Crippen LogP contribution < -0.4 is 5.46 Å². The topological polar surface area (TPSA) is 18.5 Å². The lowest BCUT2D eigenvalue weighted by Gasteiger charge is -2.17. The first-order valence-electron chi connectivity index (χ1n) is 6.01. The molecule has 2 rings (SSSR count). The van der Waals surface area contributed by atoms with Crippen LogP contribution in [0, 0.1) is 0 Å². The van der Waals surface area contributed by atoms with Gasteiger partial charge in [0.1, 0.15) is 0 Å². The molecule has 0 unspecified atom stereocenters. The first-order chi connectivity index (χ1) is 8.04. The highest BCUT2D eigenvalue weighted by molar-refractivity contribution is 7.99. The van der Waals surface area contributed by atoms with Gasteiger partial charge in [-0.2, -0.15) is 11.8 Å². The van der Waals surface area contributed by atoms with E-state index in [1.807, 2.05) is 11.8 Å². The summed E-state index contributed by atoms with van der Waals surface area (Å²) in [7, 11) is -0.158. The average molecular weight is 250 g/mol. The molecule has 1 fully saturated rings. The summed E-state index contributed by atoms with van der Waals surface area (Å²) in [6.45, 7) is 8.12. The van der Waals surface area contributed by atoms with Crippen molar-refractivity contribution in [2.45, 2.75) is 31.3 Å². The molecule has 1 saturated heterocycles. The summed E-state index contributed by atoms with van der Waals surface area (Å²) in [6.07, 6.45) is 0. The van der Waals surface area contributed by atoms with Gasteiger partial charge in [0.15, 0.2) is 0 Å². The first kappa shape index (κ1) is 13.0. The minimum absolute atomic E-state index is 0.158. The molecule has 0 aromatic heterocycles. The summed E-state index contributed by atoms with van der Waals surface area (Å²) in [4.78, 5) is 0. The van der Waals surface area contributed by atoms with E-state index in [0.717, 1.165) is 11.2 Å². The van der Waals surface area contributed by atoms with Crippen molar-refractivity contribution in [2.75, 3.05) is 13.2 Å². The van der Waals surface area contributed by atoms with Crippen molar-refractivity contribution in [3.05, 3.63) is 29.8 Å². The molecule has 1 aliphatic heterocycles. The van der Waals surface area contributed by atoms with E-state index >= 15 is 0 Å². The monoisotopic (exact) mass is 250 g/mol. The fraction of sp³-hybridized carbons (Fsp3) is 0.538. The number of hydrogen-bond acceptors (Lipinski definition) is 3. The summed E-state index contributed by atoms with van der Waals surface area (Å²) in [6, 6.07) is 8.51. The second-order valence-electron chi connectivity index (χ2n) is 5.22. The third-order valence-corrected chi connectivity index (χ3v) is 3.86. The van der Waals surface area contributed by atoms with E-state index < -0.39 is 0 Å². The molecule has 0 spiro atoms. The van der Waals surface area contributed by atoms with Gasteiger partial charge in [-0.1, -0.05) is 45.0 Å². The molecule has 0 saturated carbocycles. The van der Waals surface area contributed by atoms with Crippen molar-refractivity contribution in [2.24, 2.45) is 0 Å². The van der Waals surface area contributed by atoms with Crippen molar-refractivity contribution >= 4 is 24.3 Å². The predicted octanol–water partition coefficient (Wildman–Crippen LogP) is 2.46. The van der Waals surface area contributed by atoms with Crippen molar-refractivity contribution in [3.63, 3.8) is 0 Å². The van der Waals surface area contributed by atoms with Crippen LogP contribution in [0.15, 0.2) is 24.3 Å². The molecule has 0 amide bonds.